The van der Waals surface area contributed by atoms with Crippen molar-refractivity contribution in [1.82, 2.24) is 29.4 Å². The molecule has 1 aliphatic heterocycles. The predicted molar refractivity (Wildman–Crippen MR) is 118 cm³/mol. The summed E-state index contributed by atoms with van der Waals surface area (Å²) < 4.78 is 8.19. The van der Waals surface area contributed by atoms with Gasteiger partial charge in [0.25, 0.3) is 0 Å². The lowest BCUT2D eigenvalue weighted by molar-refractivity contribution is -0.137. The summed E-state index contributed by atoms with van der Waals surface area (Å²) in [6.07, 6.45) is 4.49. The fourth-order valence-electron chi connectivity index (χ4n) is 3.83. The van der Waals surface area contributed by atoms with E-state index in [2.05, 4.69) is 15.2 Å². The molecule has 0 radical (unpaired) electrons. The molecular formula is C22H21N7O4. The quantitative estimate of drug-likeness (QED) is 0.478. The van der Waals surface area contributed by atoms with Gasteiger partial charge in [0.15, 0.2) is 11.5 Å². The summed E-state index contributed by atoms with van der Waals surface area (Å²) in [7, 11) is 0. The van der Waals surface area contributed by atoms with E-state index >= 15 is 0 Å². The van der Waals surface area contributed by atoms with Gasteiger partial charge in [0.1, 0.15) is 25.3 Å². The second-order valence-electron chi connectivity index (χ2n) is 8.11. The lowest BCUT2D eigenvalue weighted by Gasteiger charge is -2.23. The second kappa shape index (κ2) is 8.01. The maximum absolute atomic E-state index is 12.3. The number of nitrogens with zero attached hydrogens (tertiary/aromatic N) is 7. The van der Waals surface area contributed by atoms with Crippen molar-refractivity contribution in [3.63, 3.8) is 0 Å². The number of carbonyl (C=O) groups excluding carboxylic acids is 1. The molecule has 1 fully saturated rings. The fraction of sp³-hybridized carbons (Fsp3) is 0.273. The first-order valence-electron chi connectivity index (χ1n) is 10.4. The van der Waals surface area contributed by atoms with Crippen LogP contribution in [0, 0.1) is 5.92 Å². The number of carboxylic acid groups (broad SMARTS) is 1. The number of carboxylic acids is 1. The number of rotatable bonds is 6. The molecule has 4 heterocycles. The van der Waals surface area contributed by atoms with E-state index in [1.54, 1.807) is 27.9 Å². The highest BCUT2D eigenvalue weighted by Crippen LogP contribution is 2.30. The van der Waals surface area contributed by atoms with E-state index in [9.17, 15) is 9.59 Å². The Morgan fingerprint density at radius 2 is 1.97 bits per heavy atom. The van der Waals surface area contributed by atoms with Crippen molar-refractivity contribution in [3.05, 3.63) is 49.1 Å². The van der Waals surface area contributed by atoms with Crippen molar-refractivity contribution >= 4 is 23.5 Å². The summed E-state index contributed by atoms with van der Waals surface area (Å²) in [5.74, 6) is 0.202. The minimum Gasteiger partial charge on any atom is -0.480 e. The molecular weight excluding hydrogens is 426 g/mol. The Morgan fingerprint density at radius 3 is 2.70 bits per heavy atom. The van der Waals surface area contributed by atoms with Gasteiger partial charge in [-0.2, -0.15) is 10.2 Å². The largest absolute Gasteiger partial charge is 0.480 e. The Bertz CT molecular complexity index is 1340. The number of fused-ring (bicyclic) bond motifs is 1. The highest BCUT2D eigenvalue weighted by atomic mass is 16.6. The van der Waals surface area contributed by atoms with Crippen LogP contribution in [-0.2, 0) is 16.1 Å². The number of anilines is 1. The van der Waals surface area contributed by atoms with E-state index in [0.29, 0.717) is 23.9 Å². The van der Waals surface area contributed by atoms with Gasteiger partial charge in [0.2, 0.25) is 0 Å². The molecule has 1 N–H and O–H groups in total. The van der Waals surface area contributed by atoms with E-state index in [0.717, 1.165) is 16.7 Å². The van der Waals surface area contributed by atoms with Crippen LogP contribution in [0.4, 0.5) is 10.6 Å². The molecule has 33 heavy (non-hydrogen) atoms. The standard InChI is InChI=1S/C22H21N7O4/c1-13(2)17-11-33-22(32)29(17)18-7-8-28-21(25-18)16(9-24-28)14-3-5-15(6-4-14)20-23-12-27(26-20)10-19(30)31/h3-9,12-13,17H,10-11H2,1-2H3,(H,30,31). The molecule has 1 aliphatic rings. The van der Waals surface area contributed by atoms with E-state index in [-0.39, 0.29) is 18.5 Å². The number of ether oxygens (including phenoxy) is 1. The van der Waals surface area contributed by atoms with Gasteiger partial charge < -0.3 is 9.84 Å². The van der Waals surface area contributed by atoms with Crippen LogP contribution in [0.25, 0.3) is 28.2 Å². The van der Waals surface area contributed by atoms with Gasteiger partial charge in [0.05, 0.1) is 12.2 Å². The SMILES string of the molecule is CC(C)C1COC(=O)N1c1ccn2ncc(-c3ccc(-c4ncn(CC(=O)O)n4)cc3)c2n1. The highest BCUT2D eigenvalue weighted by molar-refractivity contribution is 5.90. The minimum atomic E-state index is -0.983. The van der Waals surface area contributed by atoms with E-state index in [1.807, 2.05) is 38.1 Å². The van der Waals surface area contributed by atoms with Crippen LogP contribution in [0.3, 0.4) is 0 Å². The monoisotopic (exact) mass is 447 g/mol. The summed E-state index contributed by atoms with van der Waals surface area (Å²) >= 11 is 0. The number of carbonyl (C=O) groups is 2. The molecule has 4 aromatic rings. The van der Waals surface area contributed by atoms with E-state index in [4.69, 9.17) is 14.8 Å². The zero-order valence-corrected chi connectivity index (χ0v) is 18.0. The molecule has 1 aromatic carbocycles. The molecule has 0 aliphatic carbocycles. The number of cyclic esters (lactones) is 1. The van der Waals surface area contributed by atoms with Gasteiger partial charge in [0, 0.05) is 17.3 Å². The van der Waals surface area contributed by atoms with E-state index in [1.165, 1.54) is 11.0 Å². The molecule has 3 aromatic heterocycles. The molecule has 5 rings (SSSR count). The van der Waals surface area contributed by atoms with Crippen LogP contribution >= 0.6 is 0 Å². The molecule has 0 spiro atoms. The smallest absolute Gasteiger partial charge is 0.415 e. The first-order chi connectivity index (χ1) is 15.9. The van der Waals surface area contributed by atoms with Crippen LogP contribution in [-0.4, -0.2) is 59.2 Å². The summed E-state index contributed by atoms with van der Waals surface area (Å²) in [5.41, 5.74) is 3.06. The Morgan fingerprint density at radius 1 is 1.21 bits per heavy atom. The van der Waals surface area contributed by atoms with Crippen LogP contribution in [0.15, 0.2) is 49.1 Å². The first kappa shape index (κ1) is 20.6. The van der Waals surface area contributed by atoms with Gasteiger partial charge in [-0.05, 0) is 17.5 Å². The van der Waals surface area contributed by atoms with E-state index < -0.39 is 12.1 Å². The summed E-state index contributed by atoms with van der Waals surface area (Å²) in [4.78, 5) is 33.7. The summed E-state index contributed by atoms with van der Waals surface area (Å²) in [6.45, 7) is 4.18. The lowest BCUT2D eigenvalue weighted by Crippen LogP contribution is -2.37. The lowest BCUT2D eigenvalue weighted by atomic mass is 10.0. The third kappa shape index (κ3) is 3.77. The van der Waals surface area contributed by atoms with Gasteiger partial charge in [-0.1, -0.05) is 38.1 Å². The molecule has 1 amide bonds. The van der Waals surface area contributed by atoms with Crippen molar-refractivity contribution in [3.8, 4) is 22.5 Å². The molecule has 0 bridgehead atoms. The highest BCUT2D eigenvalue weighted by Gasteiger charge is 2.37. The van der Waals surface area contributed by atoms with Crippen molar-refractivity contribution in [2.75, 3.05) is 11.5 Å². The van der Waals surface area contributed by atoms with Gasteiger partial charge >= 0.3 is 12.1 Å². The van der Waals surface area contributed by atoms with Crippen molar-refractivity contribution in [2.45, 2.75) is 26.4 Å². The van der Waals surface area contributed by atoms with Crippen molar-refractivity contribution in [2.24, 2.45) is 5.92 Å². The Balaban J connectivity index is 1.46. The third-order valence-electron chi connectivity index (χ3n) is 5.56. The zero-order chi connectivity index (χ0) is 23.1. The number of amides is 1. The van der Waals surface area contributed by atoms with Crippen LogP contribution < -0.4 is 4.90 Å². The molecule has 1 atom stereocenters. The first-order valence-corrected chi connectivity index (χ1v) is 10.4. The fourth-order valence-corrected chi connectivity index (χ4v) is 3.83. The molecule has 11 heteroatoms. The second-order valence-corrected chi connectivity index (χ2v) is 8.11. The average molecular weight is 447 g/mol. The number of benzene rings is 1. The van der Waals surface area contributed by atoms with Crippen molar-refractivity contribution < 1.29 is 19.4 Å². The average Bonchev–Trinajstić information content (AvgIpc) is 3.51. The molecule has 11 nitrogen and oxygen atoms in total. The third-order valence-corrected chi connectivity index (χ3v) is 5.56. The number of hydrogen-bond donors (Lipinski definition) is 1. The van der Waals surface area contributed by atoms with Gasteiger partial charge in [-0.3, -0.25) is 9.69 Å². The maximum Gasteiger partial charge on any atom is 0.415 e. The molecule has 1 saturated heterocycles. The summed E-state index contributed by atoms with van der Waals surface area (Å²) in [5, 5.41) is 17.5. The van der Waals surface area contributed by atoms with Gasteiger partial charge in [-0.25, -0.2) is 24.0 Å². The van der Waals surface area contributed by atoms with Crippen LogP contribution in [0.5, 0.6) is 0 Å². The minimum absolute atomic E-state index is 0.0773. The summed E-state index contributed by atoms with van der Waals surface area (Å²) in [6, 6.07) is 9.20. The maximum atomic E-state index is 12.3. The normalized spacial score (nSPS) is 16.0. The Kier molecular flexibility index (Phi) is 5.00. The van der Waals surface area contributed by atoms with Crippen LogP contribution in [0.2, 0.25) is 0 Å². The molecule has 1 unspecified atom stereocenters. The molecule has 0 saturated carbocycles. The number of aliphatic carboxylic acids is 1. The van der Waals surface area contributed by atoms with Crippen molar-refractivity contribution in [1.29, 1.82) is 0 Å². The number of aromatic nitrogens is 6. The molecule has 168 valence electrons. The number of hydrogen-bond acceptors (Lipinski definition) is 7. The Labute approximate surface area is 188 Å². The zero-order valence-electron chi connectivity index (χ0n) is 18.0. The van der Waals surface area contributed by atoms with Crippen LogP contribution in [0.1, 0.15) is 13.8 Å². The Hall–Kier alpha value is -4.28. The predicted octanol–water partition coefficient (Wildman–Crippen LogP) is 2.72. The topological polar surface area (TPSA) is 128 Å². The van der Waals surface area contributed by atoms with Gasteiger partial charge in [-0.15, -0.1) is 0 Å².